The number of rotatable bonds is 5. The van der Waals surface area contributed by atoms with Crippen LogP contribution in [0.3, 0.4) is 0 Å². The predicted molar refractivity (Wildman–Crippen MR) is 106 cm³/mol. The average Bonchev–Trinajstić information content (AvgIpc) is 3.08. The second kappa shape index (κ2) is 7.63. The SMILES string of the molecule is Cc1ccccc1C(=O)Nc1nnc(S(=O)(=O)Nc2cccc(Cl)c2C)s1. The quantitative estimate of drug-likeness (QED) is 0.608. The van der Waals surface area contributed by atoms with Gasteiger partial charge in [-0.3, -0.25) is 14.8 Å². The molecule has 3 aromatic rings. The number of carbonyl (C=O) groups excluding carboxylic acids is 1. The molecular formula is C17H15ClN4O3S2. The van der Waals surface area contributed by atoms with E-state index in [1.807, 2.05) is 19.1 Å². The summed E-state index contributed by atoms with van der Waals surface area (Å²) in [6.45, 7) is 3.51. The molecule has 27 heavy (non-hydrogen) atoms. The van der Waals surface area contributed by atoms with Crippen LogP contribution in [0, 0.1) is 13.8 Å². The number of carbonyl (C=O) groups is 1. The number of halogens is 1. The average molecular weight is 423 g/mol. The van der Waals surface area contributed by atoms with Crippen LogP contribution in [0.1, 0.15) is 21.5 Å². The van der Waals surface area contributed by atoms with Crippen LogP contribution in [-0.4, -0.2) is 24.5 Å². The van der Waals surface area contributed by atoms with Crippen molar-refractivity contribution in [2.24, 2.45) is 0 Å². The summed E-state index contributed by atoms with van der Waals surface area (Å²) in [5.74, 6) is -0.383. The largest absolute Gasteiger partial charge is 0.296 e. The number of amides is 1. The number of sulfonamides is 1. The van der Waals surface area contributed by atoms with E-state index in [9.17, 15) is 13.2 Å². The van der Waals surface area contributed by atoms with Crippen LogP contribution < -0.4 is 10.0 Å². The first kappa shape index (κ1) is 19.3. The topological polar surface area (TPSA) is 101 Å². The molecule has 0 atom stereocenters. The Bertz CT molecular complexity index is 1110. The minimum Gasteiger partial charge on any atom is -0.296 e. The fourth-order valence-corrected chi connectivity index (χ4v) is 4.46. The highest BCUT2D eigenvalue weighted by Crippen LogP contribution is 2.27. The molecule has 0 spiro atoms. The van der Waals surface area contributed by atoms with Crippen LogP contribution in [0.25, 0.3) is 0 Å². The fraction of sp³-hybridized carbons (Fsp3) is 0.118. The molecule has 2 aromatic carbocycles. The zero-order valence-electron chi connectivity index (χ0n) is 14.4. The van der Waals surface area contributed by atoms with Crippen LogP contribution in [-0.2, 0) is 10.0 Å². The van der Waals surface area contributed by atoms with Gasteiger partial charge in [-0.05, 0) is 43.2 Å². The molecule has 10 heteroatoms. The van der Waals surface area contributed by atoms with Crippen LogP contribution in [0.5, 0.6) is 0 Å². The molecule has 0 radical (unpaired) electrons. The molecule has 0 saturated carbocycles. The third-order valence-corrected chi connectivity index (χ3v) is 6.74. The van der Waals surface area contributed by atoms with Gasteiger partial charge < -0.3 is 0 Å². The van der Waals surface area contributed by atoms with Gasteiger partial charge >= 0.3 is 0 Å². The van der Waals surface area contributed by atoms with E-state index in [1.54, 1.807) is 37.3 Å². The lowest BCUT2D eigenvalue weighted by molar-refractivity contribution is 0.102. The van der Waals surface area contributed by atoms with Crippen LogP contribution in [0.15, 0.2) is 46.8 Å². The zero-order chi connectivity index (χ0) is 19.6. The van der Waals surface area contributed by atoms with Crippen LogP contribution >= 0.6 is 22.9 Å². The molecule has 0 fully saturated rings. The lowest BCUT2D eigenvalue weighted by Crippen LogP contribution is -2.13. The number of benzene rings is 2. The van der Waals surface area contributed by atoms with Crippen molar-refractivity contribution >= 4 is 49.7 Å². The zero-order valence-corrected chi connectivity index (χ0v) is 16.7. The number of anilines is 2. The molecule has 7 nitrogen and oxygen atoms in total. The van der Waals surface area contributed by atoms with Gasteiger partial charge in [0.25, 0.3) is 20.3 Å². The van der Waals surface area contributed by atoms with Crippen LogP contribution in [0.2, 0.25) is 5.02 Å². The summed E-state index contributed by atoms with van der Waals surface area (Å²) in [7, 11) is -3.96. The number of hydrogen-bond acceptors (Lipinski definition) is 6. The van der Waals surface area contributed by atoms with Crippen molar-refractivity contribution in [2.45, 2.75) is 18.2 Å². The molecule has 0 unspecified atom stereocenters. The molecule has 1 heterocycles. The monoisotopic (exact) mass is 422 g/mol. The molecule has 1 amide bonds. The number of hydrogen-bond donors (Lipinski definition) is 2. The normalized spacial score (nSPS) is 11.2. The first-order chi connectivity index (χ1) is 12.8. The highest BCUT2D eigenvalue weighted by Gasteiger charge is 2.22. The van der Waals surface area contributed by atoms with Crippen molar-refractivity contribution in [3.05, 3.63) is 64.2 Å². The summed E-state index contributed by atoms with van der Waals surface area (Å²) in [6, 6.07) is 12.0. The van der Waals surface area contributed by atoms with E-state index < -0.39 is 10.0 Å². The van der Waals surface area contributed by atoms with Crippen molar-refractivity contribution in [1.82, 2.24) is 10.2 Å². The number of aryl methyl sites for hydroxylation is 1. The lowest BCUT2D eigenvalue weighted by atomic mass is 10.1. The van der Waals surface area contributed by atoms with E-state index in [0.29, 0.717) is 21.8 Å². The van der Waals surface area contributed by atoms with E-state index in [4.69, 9.17) is 11.6 Å². The van der Waals surface area contributed by atoms with Gasteiger partial charge in [-0.25, -0.2) is 0 Å². The van der Waals surface area contributed by atoms with Gasteiger partial charge in [0.1, 0.15) is 0 Å². The van der Waals surface area contributed by atoms with Gasteiger partial charge in [0.05, 0.1) is 5.69 Å². The second-order valence-corrected chi connectivity index (χ2v) is 8.90. The summed E-state index contributed by atoms with van der Waals surface area (Å²) >= 11 is 6.77. The highest BCUT2D eigenvalue weighted by molar-refractivity contribution is 7.94. The summed E-state index contributed by atoms with van der Waals surface area (Å²) in [6.07, 6.45) is 0. The maximum Gasteiger partial charge on any atom is 0.291 e. The van der Waals surface area contributed by atoms with Gasteiger partial charge in [-0.2, -0.15) is 8.42 Å². The molecule has 140 valence electrons. The maximum absolute atomic E-state index is 12.5. The number of nitrogens with zero attached hydrogens (tertiary/aromatic N) is 2. The summed E-state index contributed by atoms with van der Waals surface area (Å²) < 4.78 is 27.2. The van der Waals surface area contributed by atoms with Gasteiger partial charge in [0.15, 0.2) is 0 Å². The molecule has 2 N–H and O–H groups in total. The number of nitrogens with one attached hydrogen (secondary N) is 2. The number of aromatic nitrogens is 2. The minimum absolute atomic E-state index is 0.0893. The van der Waals surface area contributed by atoms with E-state index in [0.717, 1.165) is 16.9 Å². The van der Waals surface area contributed by atoms with Crippen molar-refractivity contribution < 1.29 is 13.2 Å². The Balaban J connectivity index is 1.79. The summed E-state index contributed by atoms with van der Waals surface area (Å²) in [5, 5.41) is 10.5. The van der Waals surface area contributed by atoms with Crippen molar-refractivity contribution in [2.75, 3.05) is 10.0 Å². The first-order valence-electron chi connectivity index (χ1n) is 7.76. The molecule has 3 rings (SSSR count). The maximum atomic E-state index is 12.5. The van der Waals surface area contributed by atoms with Crippen LogP contribution in [0.4, 0.5) is 10.8 Å². The first-order valence-corrected chi connectivity index (χ1v) is 10.4. The molecule has 0 saturated heterocycles. The molecular weight excluding hydrogens is 408 g/mol. The second-order valence-electron chi connectivity index (χ2n) is 5.66. The summed E-state index contributed by atoms with van der Waals surface area (Å²) in [4.78, 5) is 12.3. The smallest absolute Gasteiger partial charge is 0.291 e. The lowest BCUT2D eigenvalue weighted by Gasteiger charge is -2.09. The Morgan fingerprint density at radius 3 is 2.56 bits per heavy atom. The Kier molecular flexibility index (Phi) is 5.45. The van der Waals surface area contributed by atoms with E-state index in [1.165, 1.54) is 0 Å². The van der Waals surface area contributed by atoms with Crippen molar-refractivity contribution in [3.63, 3.8) is 0 Å². The Morgan fingerprint density at radius 2 is 1.81 bits per heavy atom. The van der Waals surface area contributed by atoms with E-state index in [2.05, 4.69) is 20.2 Å². The van der Waals surface area contributed by atoms with Gasteiger partial charge in [0.2, 0.25) is 5.13 Å². The standard InChI is InChI=1S/C17H15ClN4O3S2/c1-10-6-3-4-7-12(10)15(23)19-16-20-21-17(26-16)27(24,25)22-14-9-5-8-13(18)11(14)2/h3-9,22H,1-2H3,(H,19,20,23). The predicted octanol–water partition coefficient (Wildman–Crippen LogP) is 3.86. The summed E-state index contributed by atoms with van der Waals surface area (Å²) in [5.41, 5.74) is 2.22. The Labute approximate surface area is 165 Å². The third-order valence-electron chi connectivity index (χ3n) is 3.76. The molecule has 0 aliphatic rings. The Morgan fingerprint density at radius 1 is 1.07 bits per heavy atom. The minimum atomic E-state index is -3.96. The molecule has 0 bridgehead atoms. The van der Waals surface area contributed by atoms with Crippen molar-refractivity contribution in [1.29, 1.82) is 0 Å². The Hall–Kier alpha value is -2.49. The van der Waals surface area contributed by atoms with Gasteiger partial charge in [0, 0.05) is 10.6 Å². The van der Waals surface area contributed by atoms with Gasteiger partial charge in [-0.15, -0.1) is 10.2 Å². The van der Waals surface area contributed by atoms with E-state index >= 15 is 0 Å². The third kappa shape index (κ3) is 4.26. The fourth-order valence-electron chi connectivity index (χ4n) is 2.27. The molecule has 0 aliphatic carbocycles. The van der Waals surface area contributed by atoms with Gasteiger partial charge in [-0.1, -0.05) is 47.2 Å². The van der Waals surface area contributed by atoms with E-state index in [-0.39, 0.29) is 15.4 Å². The molecule has 0 aliphatic heterocycles. The highest BCUT2D eigenvalue weighted by atomic mass is 35.5. The molecule has 1 aromatic heterocycles. The van der Waals surface area contributed by atoms with Crippen molar-refractivity contribution in [3.8, 4) is 0 Å².